The maximum atomic E-state index is 12.4. The van der Waals surface area contributed by atoms with Crippen molar-refractivity contribution in [2.45, 2.75) is 52.0 Å². The third-order valence-corrected chi connectivity index (χ3v) is 5.90. The van der Waals surface area contributed by atoms with Gasteiger partial charge in [-0.05, 0) is 49.2 Å². The van der Waals surface area contributed by atoms with Crippen LogP contribution in [0.5, 0.6) is 0 Å². The smallest absolute Gasteiger partial charge is 0.220 e. The lowest BCUT2D eigenvalue weighted by Crippen LogP contribution is -2.40. The van der Waals surface area contributed by atoms with Crippen molar-refractivity contribution in [3.8, 4) is 0 Å². The van der Waals surface area contributed by atoms with Crippen molar-refractivity contribution in [1.29, 1.82) is 0 Å². The van der Waals surface area contributed by atoms with Crippen LogP contribution in [0.15, 0.2) is 28.1 Å². The number of nitrogens with zero attached hydrogens (tertiary/aromatic N) is 1. The van der Waals surface area contributed by atoms with E-state index in [0.29, 0.717) is 24.8 Å². The van der Waals surface area contributed by atoms with Gasteiger partial charge in [-0.2, -0.15) is 0 Å². The lowest BCUT2D eigenvalue weighted by molar-refractivity contribution is -0.122. The Bertz CT molecular complexity index is 703. The summed E-state index contributed by atoms with van der Waals surface area (Å²) < 4.78 is 5.52. The van der Waals surface area contributed by atoms with E-state index in [0.717, 1.165) is 37.4 Å². The minimum atomic E-state index is -0.0306. The number of piperidine rings is 1. The molecule has 2 atom stereocenters. The van der Waals surface area contributed by atoms with Crippen LogP contribution in [0.2, 0.25) is 0 Å². The van der Waals surface area contributed by atoms with Crippen LogP contribution in [0.1, 0.15) is 49.9 Å². The molecule has 1 amide bonds. The van der Waals surface area contributed by atoms with Gasteiger partial charge in [-0.3, -0.25) is 4.79 Å². The maximum Gasteiger partial charge on any atom is 0.220 e. The van der Waals surface area contributed by atoms with Crippen molar-refractivity contribution in [2.75, 3.05) is 13.1 Å². The molecule has 1 aliphatic rings. The summed E-state index contributed by atoms with van der Waals surface area (Å²) in [5.74, 6) is 1.86. The van der Waals surface area contributed by atoms with E-state index in [4.69, 9.17) is 4.52 Å². The molecule has 142 valence electrons. The highest BCUT2D eigenvalue weighted by Gasteiger charge is 2.29. The van der Waals surface area contributed by atoms with Crippen LogP contribution in [-0.4, -0.2) is 24.2 Å². The minimum absolute atomic E-state index is 0.0306. The van der Waals surface area contributed by atoms with Gasteiger partial charge in [-0.15, -0.1) is 11.3 Å². The molecule has 2 N–H and O–H groups in total. The standard InChI is InChI=1S/C20H29N3O2S/c1-20(2,3)18-11-16(23-25-18)9-15-12-21-7-6-14(15)10-19(24)22-13-17-5-4-8-26-17/h4-5,8,11,14-15,21H,6-7,9-10,12-13H2,1-3H3,(H,22,24)/t14-,15+/m0/s1. The summed E-state index contributed by atoms with van der Waals surface area (Å²) in [6, 6.07) is 6.14. The summed E-state index contributed by atoms with van der Waals surface area (Å²) in [4.78, 5) is 13.6. The molecule has 1 fully saturated rings. The Hall–Kier alpha value is -1.66. The summed E-state index contributed by atoms with van der Waals surface area (Å²) in [7, 11) is 0. The summed E-state index contributed by atoms with van der Waals surface area (Å²) in [5.41, 5.74) is 0.963. The Balaban J connectivity index is 1.55. The second-order valence-corrected chi connectivity index (χ2v) is 9.24. The number of hydrogen-bond acceptors (Lipinski definition) is 5. The molecule has 0 aromatic carbocycles. The van der Waals surface area contributed by atoms with Gasteiger partial charge >= 0.3 is 0 Å². The van der Waals surface area contributed by atoms with E-state index in [-0.39, 0.29) is 11.3 Å². The van der Waals surface area contributed by atoms with Crippen molar-refractivity contribution in [3.63, 3.8) is 0 Å². The number of amides is 1. The summed E-state index contributed by atoms with van der Waals surface area (Å²) in [6.07, 6.45) is 2.47. The van der Waals surface area contributed by atoms with E-state index < -0.39 is 0 Å². The van der Waals surface area contributed by atoms with Crippen LogP contribution in [-0.2, 0) is 23.2 Å². The van der Waals surface area contributed by atoms with Crippen LogP contribution in [0.25, 0.3) is 0 Å². The maximum absolute atomic E-state index is 12.4. The SMILES string of the molecule is CC(C)(C)c1cc(C[C@@H]2CNCC[C@H]2CC(=O)NCc2cccs2)no1. The van der Waals surface area contributed by atoms with Crippen LogP contribution in [0.3, 0.4) is 0 Å². The molecule has 0 bridgehead atoms. The van der Waals surface area contributed by atoms with Crippen molar-refractivity contribution in [1.82, 2.24) is 15.8 Å². The Morgan fingerprint density at radius 1 is 1.42 bits per heavy atom. The lowest BCUT2D eigenvalue weighted by Gasteiger charge is -2.31. The van der Waals surface area contributed by atoms with Gasteiger partial charge in [0.2, 0.25) is 5.91 Å². The lowest BCUT2D eigenvalue weighted by atomic mass is 9.81. The predicted octanol–water partition coefficient (Wildman–Crippen LogP) is 3.51. The van der Waals surface area contributed by atoms with Gasteiger partial charge in [0, 0.05) is 22.8 Å². The van der Waals surface area contributed by atoms with Crippen molar-refractivity contribution in [2.24, 2.45) is 11.8 Å². The van der Waals surface area contributed by atoms with Gasteiger partial charge < -0.3 is 15.2 Å². The predicted molar refractivity (Wildman–Crippen MR) is 104 cm³/mol. The van der Waals surface area contributed by atoms with E-state index in [1.54, 1.807) is 11.3 Å². The fraction of sp³-hybridized carbons (Fsp3) is 0.600. The van der Waals surface area contributed by atoms with Gasteiger partial charge in [0.1, 0.15) is 5.76 Å². The largest absolute Gasteiger partial charge is 0.361 e. The zero-order chi connectivity index (χ0) is 18.6. The van der Waals surface area contributed by atoms with Gasteiger partial charge in [0.05, 0.1) is 12.2 Å². The quantitative estimate of drug-likeness (QED) is 0.811. The van der Waals surface area contributed by atoms with Crippen LogP contribution in [0.4, 0.5) is 0 Å². The number of carbonyl (C=O) groups is 1. The number of nitrogens with one attached hydrogen (secondary N) is 2. The van der Waals surface area contributed by atoms with Crippen LogP contribution in [0, 0.1) is 11.8 Å². The van der Waals surface area contributed by atoms with Gasteiger partial charge in [0.15, 0.2) is 0 Å². The first-order valence-electron chi connectivity index (χ1n) is 9.37. The third-order valence-electron chi connectivity index (χ3n) is 5.02. The molecule has 6 heteroatoms. The summed E-state index contributed by atoms with van der Waals surface area (Å²) in [6.45, 7) is 8.91. The highest BCUT2D eigenvalue weighted by molar-refractivity contribution is 7.09. The molecule has 0 saturated carbocycles. The molecule has 5 nitrogen and oxygen atoms in total. The first-order valence-corrected chi connectivity index (χ1v) is 10.3. The third kappa shape index (κ3) is 5.17. The molecule has 0 aliphatic carbocycles. The first-order chi connectivity index (χ1) is 12.4. The molecule has 2 aromatic heterocycles. The number of thiophene rings is 1. The number of hydrogen-bond donors (Lipinski definition) is 2. The molecule has 0 spiro atoms. The van der Waals surface area contributed by atoms with Crippen molar-refractivity contribution in [3.05, 3.63) is 39.9 Å². The van der Waals surface area contributed by atoms with Gasteiger partial charge in [-0.25, -0.2) is 0 Å². The average molecular weight is 376 g/mol. The Morgan fingerprint density at radius 2 is 2.27 bits per heavy atom. The fourth-order valence-electron chi connectivity index (χ4n) is 3.42. The summed E-state index contributed by atoms with van der Waals surface area (Å²) in [5, 5.41) is 12.8. The molecule has 1 aliphatic heterocycles. The Kier molecular flexibility index (Phi) is 6.14. The monoisotopic (exact) mass is 375 g/mol. The molecule has 3 heterocycles. The topological polar surface area (TPSA) is 67.2 Å². The highest BCUT2D eigenvalue weighted by Crippen LogP contribution is 2.28. The van der Waals surface area contributed by atoms with E-state index in [1.807, 2.05) is 11.4 Å². The van der Waals surface area contributed by atoms with Gasteiger partial charge in [-0.1, -0.05) is 32.0 Å². The fourth-order valence-corrected chi connectivity index (χ4v) is 4.07. The normalized spacial score (nSPS) is 20.9. The zero-order valence-corrected chi connectivity index (χ0v) is 16.7. The van der Waals surface area contributed by atoms with Crippen LogP contribution >= 0.6 is 11.3 Å². The molecule has 0 radical (unpaired) electrons. The Labute approximate surface area is 159 Å². The van der Waals surface area contributed by atoms with E-state index in [1.165, 1.54) is 4.88 Å². The molecule has 1 saturated heterocycles. The van der Waals surface area contributed by atoms with Crippen LogP contribution < -0.4 is 10.6 Å². The number of aromatic nitrogens is 1. The van der Waals surface area contributed by atoms with E-state index >= 15 is 0 Å². The van der Waals surface area contributed by atoms with E-state index in [2.05, 4.69) is 48.7 Å². The Morgan fingerprint density at radius 3 is 2.96 bits per heavy atom. The number of carbonyl (C=O) groups excluding carboxylic acids is 1. The summed E-state index contributed by atoms with van der Waals surface area (Å²) >= 11 is 1.67. The highest BCUT2D eigenvalue weighted by atomic mass is 32.1. The second-order valence-electron chi connectivity index (χ2n) is 8.21. The first kappa shape index (κ1) is 19.1. The molecular weight excluding hydrogens is 346 g/mol. The molecule has 0 unspecified atom stereocenters. The number of rotatable bonds is 6. The molecule has 3 rings (SSSR count). The van der Waals surface area contributed by atoms with Gasteiger partial charge in [0.25, 0.3) is 0 Å². The van der Waals surface area contributed by atoms with E-state index in [9.17, 15) is 4.79 Å². The molecule has 26 heavy (non-hydrogen) atoms. The molecule has 2 aromatic rings. The average Bonchev–Trinajstić information content (AvgIpc) is 3.26. The second kappa shape index (κ2) is 8.35. The minimum Gasteiger partial charge on any atom is -0.361 e. The van der Waals surface area contributed by atoms with Crippen molar-refractivity contribution < 1.29 is 9.32 Å². The zero-order valence-electron chi connectivity index (χ0n) is 15.9. The van der Waals surface area contributed by atoms with Crippen molar-refractivity contribution >= 4 is 17.2 Å². The molecular formula is C20H29N3O2S.